The number of benzene rings is 1. The Hall–Kier alpha value is -1.48. The molecule has 0 saturated heterocycles. The lowest BCUT2D eigenvalue weighted by molar-refractivity contribution is 0.108. The smallest absolute Gasteiger partial charge is 0.134 e. The summed E-state index contributed by atoms with van der Waals surface area (Å²) in [7, 11) is 3.07. The molecule has 0 bridgehead atoms. The van der Waals surface area contributed by atoms with Crippen LogP contribution in [0.5, 0.6) is 0 Å². The van der Waals surface area contributed by atoms with Gasteiger partial charge < -0.3 is 4.79 Å². The van der Waals surface area contributed by atoms with Gasteiger partial charge in [0.15, 0.2) is 0 Å². The van der Waals surface area contributed by atoms with Crippen molar-refractivity contribution in [2.75, 3.05) is 0 Å². The van der Waals surface area contributed by atoms with E-state index in [1.165, 1.54) is 0 Å². The molecule has 1 heterocycles. The first-order valence-corrected chi connectivity index (χ1v) is 5.23. The predicted octanol–water partition coefficient (Wildman–Crippen LogP) is 2.16. The van der Waals surface area contributed by atoms with E-state index in [9.17, 15) is 4.79 Å². The number of carbonyl (C=O) groups is 1. The number of carbonyl (C=O) groups excluding carboxylic acids is 1. The van der Waals surface area contributed by atoms with Crippen molar-refractivity contribution < 1.29 is 4.79 Å². The van der Waals surface area contributed by atoms with Gasteiger partial charge in [-0.3, -0.25) is 4.98 Å². The van der Waals surface area contributed by atoms with Crippen molar-refractivity contribution in [3.8, 4) is 0 Å². The van der Waals surface area contributed by atoms with Crippen molar-refractivity contribution in [2.45, 2.75) is 13.8 Å². The highest BCUT2D eigenvalue weighted by molar-refractivity contribution is 6.63. The van der Waals surface area contributed by atoms with Crippen LogP contribution in [-0.4, -0.2) is 20.6 Å². The molecule has 0 aliphatic heterocycles. The molecule has 0 N–H and O–H groups in total. The molecule has 0 amide bonds. The lowest BCUT2D eigenvalue weighted by Crippen LogP contribution is -2.05. The molecule has 2 nitrogen and oxygen atoms in total. The quantitative estimate of drug-likeness (QED) is 0.678. The molecule has 15 heavy (non-hydrogen) atoms. The maximum absolute atomic E-state index is 11.5. The summed E-state index contributed by atoms with van der Waals surface area (Å²) in [5.74, 6) is 0. The van der Waals surface area contributed by atoms with Crippen molar-refractivity contribution in [3.05, 3.63) is 41.1 Å². The van der Waals surface area contributed by atoms with E-state index in [0.717, 1.165) is 27.7 Å². The number of hydrogen-bond donors (Lipinski definition) is 0. The number of aryl methyl sites for hydroxylation is 1. The Morgan fingerprint density at radius 3 is 2.60 bits per heavy atom. The minimum absolute atomic E-state index is 0.0887. The van der Waals surface area contributed by atoms with E-state index in [2.05, 4.69) is 15.2 Å². The summed E-state index contributed by atoms with van der Waals surface area (Å²) in [6.07, 6.45) is 0. The summed E-state index contributed by atoms with van der Waals surface area (Å²) in [4.78, 5) is 16.0. The number of fused-ring (bicyclic) bond motifs is 1. The first-order valence-electron chi connectivity index (χ1n) is 4.73. The molecule has 0 aliphatic carbocycles. The molecule has 1 aromatic carbocycles. The van der Waals surface area contributed by atoms with Crippen molar-refractivity contribution in [1.29, 1.82) is 0 Å². The second-order valence-corrected chi connectivity index (χ2v) is 4.00. The fourth-order valence-electron chi connectivity index (χ4n) is 1.72. The van der Waals surface area contributed by atoms with Crippen LogP contribution < -0.4 is 0 Å². The van der Waals surface area contributed by atoms with Gasteiger partial charge in [-0.2, -0.15) is 0 Å². The van der Waals surface area contributed by atoms with Crippen molar-refractivity contribution in [1.82, 2.24) is 4.98 Å². The lowest BCUT2D eigenvalue weighted by atomic mass is 10.0. The molecule has 1 aromatic heterocycles. The van der Waals surface area contributed by atoms with Crippen LogP contribution in [0, 0.1) is 13.8 Å². The van der Waals surface area contributed by atoms with Gasteiger partial charge >= 0.3 is 0 Å². The Morgan fingerprint density at radius 1 is 1.27 bits per heavy atom. The number of nitrogens with zero attached hydrogens (tertiary/aromatic N) is 1. The standard InChI is InChI=1S/C12H10NOSi/c1-7-8(2)13-10-6-4-3-5-9(10)11(7)12(14)15/h3-6H,1-2H3. The van der Waals surface area contributed by atoms with Gasteiger partial charge in [0.2, 0.25) is 0 Å². The average molecular weight is 212 g/mol. The van der Waals surface area contributed by atoms with Gasteiger partial charge in [-0.05, 0) is 25.5 Å². The van der Waals surface area contributed by atoms with Crippen LogP contribution in [0.2, 0.25) is 0 Å². The zero-order chi connectivity index (χ0) is 11.0. The molecule has 0 unspecified atom stereocenters. The van der Waals surface area contributed by atoms with Gasteiger partial charge in [0.1, 0.15) is 15.6 Å². The van der Waals surface area contributed by atoms with Crippen LogP contribution in [0.3, 0.4) is 0 Å². The molecule has 0 fully saturated rings. The third-order valence-electron chi connectivity index (χ3n) is 2.61. The van der Waals surface area contributed by atoms with Crippen LogP contribution >= 0.6 is 0 Å². The molecular weight excluding hydrogens is 202 g/mol. The Labute approximate surface area is 91.8 Å². The van der Waals surface area contributed by atoms with Crippen LogP contribution in [0.25, 0.3) is 10.9 Å². The molecule has 2 rings (SSSR count). The van der Waals surface area contributed by atoms with Gasteiger partial charge in [0, 0.05) is 16.6 Å². The second-order valence-electron chi connectivity index (χ2n) is 3.54. The van der Waals surface area contributed by atoms with Crippen LogP contribution in [0.1, 0.15) is 21.6 Å². The second kappa shape index (κ2) is 3.59. The lowest BCUT2D eigenvalue weighted by Gasteiger charge is -2.09. The molecule has 73 valence electrons. The number of hydrogen-bond acceptors (Lipinski definition) is 2. The van der Waals surface area contributed by atoms with Crippen molar-refractivity contribution in [2.24, 2.45) is 0 Å². The highest BCUT2D eigenvalue weighted by atomic mass is 28.1. The summed E-state index contributed by atoms with van der Waals surface area (Å²) in [5, 5.41) is 0.815. The summed E-state index contributed by atoms with van der Waals surface area (Å²) in [6.45, 7) is 3.84. The van der Waals surface area contributed by atoms with E-state index in [0.29, 0.717) is 0 Å². The van der Waals surface area contributed by atoms with Crippen LogP contribution in [0.15, 0.2) is 24.3 Å². The average Bonchev–Trinajstić information content (AvgIpc) is 2.19. The summed E-state index contributed by atoms with van der Waals surface area (Å²) in [5.41, 5.74) is 3.42. The minimum Gasteiger partial charge on any atom is -0.301 e. The SMILES string of the molecule is Cc1nc2ccccc2c(C(=O)[Si])c1C. The van der Waals surface area contributed by atoms with E-state index < -0.39 is 0 Å². The number of aromatic nitrogens is 1. The molecule has 0 spiro atoms. The van der Waals surface area contributed by atoms with Gasteiger partial charge in [0.05, 0.1) is 5.52 Å². The Balaban J connectivity index is 2.95. The third kappa shape index (κ3) is 1.59. The largest absolute Gasteiger partial charge is 0.301 e. The number of pyridine rings is 1. The number of rotatable bonds is 1. The maximum Gasteiger partial charge on any atom is 0.134 e. The van der Waals surface area contributed by atoms with Crippen LogP contribution in [-0.2, 0) is 0 Å². The fourth-order valence-corrected chi connectivity index (χ4v) is 2.04. The minimum atomic E-state index is -0.0887. The van der Waals surface area contributed by atoms with Crippen LogP contribution in [0.4, 0.5) is 0 Å². The van der Waals surface area contributed by atoms with Gasteiger partial charge in [-0.15, -0.1) is 0 Å². The van der Waals surface area contributed by atoms with E-state index in [-0.39, 0.29) is 5.41 Å². The normalized spacial score (nSPS) is 10.6. The predicted molar refractivity (Wildman–Crippen MR) is 61.3 cm³/mol. The number of para-hydroxylation sites is 1. The van der Waals surface area contributed by atoms with Gasteiger partial charge in [0.25, 0.3) is 0 Å². The zero-order valence-corrected chi connectivity index (χ0v) is 9.66. The highest BCUT2D eigenvalue weighted by Crippen LogP contribution is 2.22. The third-order valence-corrected chi connectivity index (χ3v) is 2.86. The van der Waals surface area contributed by atoms with Crippen molar-refractivity contribution >= 4 is 26.6 Å². The topological polar surface area (TPSA) is 30.0 Å². The van der Waals surface area contributed by atoms with Gasteiger partial charge in [-0.1, -0.05) is 18.2 Å². The summed E-state index contributed by atoms with van der Waals surface area (Å²) < 4.78 is 0. The van der Waals surface area contributed by atoms with E-state index in [1.807, 2.05) is 38.1 Å². The Kier molecular flexibility index (Phi) is 2.40. The molecule has 0 saturated carbocycles. The van der Waals surface area contributed by atoms with Gasteiger partial charge in [-0.25, -0.2) is 0 Å². The fraction of sp³-hybridized carbons (Fsp3) is 0.167. The maximum atomic E-state index is 11.5. The Bertz CT molecular complexity index is 549. The Morgan fingerprint density at radius 2 is 1.93 bits per heavy atom. The summed E-state index contributed by atoms with van der Waals surface area (Å²) >= 11 is 0. The first kappa shape index (κ1) is 10.0. The monoisotopic (exact) mass is 212 g/mol. The molecule has 0 aliphatic rings. The molecule has 0 atom stereocenters. The first-order chi connectivity index (χ1) is 7.11. The summed E-state index contributed by atoms with van der Waals surface area (Å²) in [6, 6.07) is 7.67. The molecule has 3 radical (unpaired) electrons. The van der Waals surface area contributed by atoms with Crippen molar-refractivity contribution in [3.63, 3.8) is 0 Å². The molecule has 2 aromatic rings. The molecule has 3 heteroatoms. The zero-order valence-electron chi connectivity index (χ0n) is 8.66. The van der Waals surface area contributed by atoms with E-state index in [4.69, 9.17) is 0 Å². The highest BCUT2D eigenvalue weighted by Gasteiger charge is 2.11. The molecular formula is C12H10NOSi. The van der Waals surface area contributed by atoms with E-state index in [1.54, 1.807) is 0 Å². The van der Waals surface area contributed by atoms with E-state index >= 15 is 0 Å².